The fourth-order valence-corrected chi connectivity index (χ4v) is 1.63. The van der Waals surface area contributed by atoms with Crippen LogP contribution in [0.2, 0.25) is 0 Å². The molecule has 0 radical (unpaired) electrons. The van der Waals surface area contributed by atoms with Crippen LogP contribution in [0.1, 0.15) is 44.2 Å². The molecule has 4 heteroatoms. The standard InChI is InChI=1S/C14H21NO3/c1-2-3-4-5-10-18-12-8-6-11(7-9-12)13(15)14(16)17/h6-9,13H,2-5,10,15H2,1H3,(H,16,17). The predicted molar refractivity (Wildman–Crippen MR) is 70.6 cm³/mol. The van der Waals surface area contributed by atoms with Gasteiger partial charge in [0.05, 0.1) is 6.61 Å². The SMILES string of the molecule is CCCCCCOc1ccc(C(N)C(=O)O)cc1. The van der Waals surface area contributed by atoms with Crippen LogP contribution in [0.25, 0.3) is 0 Å². The van der Waals surface area contributed by atoms with Gasteiger partial charge in [0.15, 0.2) is 0 Å². The molecule has 0 aliphatic carbocycles. The van der Waals surface area contributed by atoms with Crippen molar-refractivity contribution in [2.75, 3.05) is 6.61 Å². The second-order valence-electron chi connectivity index (χ2n) is 4.29. The second kappa shape index (κ2) is 7.71. The minimum atomic E-state index is -1.02. The minimum Gasteiger partial charge on any atom is -0.494 e. The number of carboxylic acid groups (broad SMARTS) is 1. The Morgan fingerprint density at radius 1 is 1.28 bits per heavy atom. The lowest BCUT2D eigenvalue weighted by atomic mass is 10.1. The highest BCUT2D eigenvalue weighted by atomic mass is 16.5. The molecule has 0 aromatic heterocycles. The molecule has 1 aromatic rings. The smallest absolute Gasteiger partial charge is 0.325 e. The molecule has 0 amide bonds. The van der Waals surface area contributed by atoms with Crippen LogP contribution in [0.5, 0.6) is 5.75 Å². The lowest BCUT2D eigenvalue weighted by Crippen LogP contribution is -2.20. The first kappa shape index (κ1) is 14.5. The summed E-state index contributed by atoms with van der Waals surface area (Å²) in [5, 5.41) is 8.77. The molecule has 0 spiro atoms. The maximum Gasteiger partial charge on any atom is 0.325 e. The van der Waals surface area contributed by atoms with Gasteiger partial charge in [0.25, 0.3) is 0 Å². The summed E-state index contributed by atoms with van der Waals surface area (Å²) in [5.74, 6) is -0.268. The van der Waals surface area contributed by atoms with E-state index in [4.69, 9.17) is 15.6 Å². The Morgan fingerprint density at radius 2 is 1.94 bits per heavy atom. The van der Waals surface area contributed by atoms with Crippen molar-refractivity contribution in [2.45, 2.75) is 38.6 Å². The van der Waals surface area contributed by atoms with Gasteiger partial charge in [-0.05, 0) is 24.1 Å². The number of aliphatic carboxylic acids is 1. The Hall–Kier alpha value is -1.55. The summed E-state index contributed by atoms with van der Waals surface area (Å²) in [4.78, 5) is 10.7. The number of benzene rings is 1. The van der Waals surface area contributed by atoms with Crippen molar-refractivity contribution in [3.63, 3.8) is 0 Å². The number of rotatable bonds is 8. The van der Waals surface area contributed by atoms with Crippen LogP contribution in [0.3, 0.4) is 0 Å². The summed E-state index contributed by atoms with van der Waals surface area (Å²) in [7, 11) is 0. The predicted octanol–water partition coefficient (Wildman–Crippen LogP) is 2.73. The van der Waals surface area contributed by atoms with Crippen LogP contribution in [0, 0.1) is 0 Å². The number of nitrogens with two attached hydrogens (primary N) is 1. The highest BCUT2D eigenvalue weighted by Crippen LogP contribution is 2.17. The van der Waals surface area contributed by atoms with Gasteiger partial charge in [0.1, 0.15) is 11.8 Å². The van der Waals surface area contributed by atoms with E-state index in [-0.39, 0.29) is 0 Å². The van der Waals surface area contributed by atoms with E-state index in [1.165, 1.54) is 19.3 Å². The zero-order chi connectivity index (χ0) is 13.4. The molecule has 1 atom stereocenters. The summed E-state index contributed by atoms with van der Waals surface area (Å²) in [6.07, 6.45) is 4.67. The highest BCUT2D eigenvalue weighted by Gasteiger charge is 2.13. The fourth-order valence-electron chi connectivity index (χ4n) is 1.63. The van der Waals surface area contributed by atoms with Gasteiger partial charge in [-0.15, -0.1) is 0 Å². The zero-order valence-corrected chi connectivity index (χ0v) is 10.8. The molecule has 0 aliphatic rings. The number of ether oxygens (including phenoxy) is 1. The van der Waals surface area contributed by atoms with E-state index in [9.17, 15) is 4.79 Å². The van der Waals surface area contributed by atoms with Crippen molar-refractivity contribution in [1.29, 1.82) is 0 Å². The zero-order valence-electron chi connectivity index (χ0n) is 10.8. The number of unbranched alkanes of at least 4 members (excludes halogenated alkanes) is 3. The first-order valence-electron chi connectivity index (χ1n) is 6.36. The first-order chi connectivity index (χ1) is 8.65. The van der Waals surface area contributed by atoms with Crippen LogP contribution in [-0.4, -0.2) is 17.7 Å². The Morgan fingerprint density at radius 3 is 2.50 bits per heavy atom. The van der Waals surface area contributed by atoms with Crippen molar-refractivity contribution in [2.24, 2.45) is 5.73 Å². The summed E-state index contributed by atoms with van der Waals surface area (Å²) in [5.41, 5.74) is 6.09. The molecule has 1 aromatic carbocycles. The third-order valence-corrected chi connectivity index (χ3v) is 2.77. The molecule has 1 unspecified atom stereocenters. The van der Waals surface area contributed by atoms with E-state index >= 15 is 0 Å². The van der Waals surface area contributed by atoms with Crippen molar-refractivity contribution in [3.05, 3.63) is 29.8 Å². The van der Waals surface area contributed by atoms with Gasteiger partial charge < -0.3 is 15.6 Å². The quantitative estimate of drug-likeness (QED) is 0.697. The summed E-state index contributed by atoms with van der Waals surface area (Å²) in [6.45, 7) is 2.87. The summed E-state index contributed by atoms with van der Waals surface area (Å²) < 4.78 is 5.56. The van der Waals surface area contributed by atoms with Gasteiger partial charge in [-0.1, -0.05) is 38.3 Å². The average Bonchev–Trinajstić information content (AvgIpc) is 2.38. The van der Waals surface area contributed by atoms with Gasteiger partial charge in [-0.3, -0.25) is 4.79 Å². The lowest BCUT2D eigenvalue weighted by molar-refractivity contribution is -0.138. The minimum absolute atomic E-state index is 0.584. The normalized spacial score (nSPS) is 12.1. The maximum absolute atomic E-state index is 10.7. The van der Waals surface area contributed by atoms with E-state index in [1.54, 1.807) is 24.3 Å². The number of carboxylic acids is 1. The van der Waals surface area contributed by atoms with E-state index < -0.39 is 12.0 Å². The third kappa shape index (κ3) is 4.75. The topological polar surface area (TPSA) is 72.5 Å². The number of hydrogen-bond acceptors (Lipinski definition) is 3. The van der Waals surface area contributed by atoms with E-state index in [2.05, 4.69) is 6.92 Å². The Bertz CT molecular complexity index is 362. The molecule has 18 heavy (non-hydrogen) atoms. The lowest BCUT2D eigenvalue weighted by Gasteiger charge is -2.09. The molecule has 0 aliphatic heterocycles. The van der Waals surface area contributed by atoms with Crippen LogP contribution in [0.4, 0.5) is 0 Å². The molecular formula is C14H21NO3. The van der Waals surface area contributed by atoms with Crippen molar-refractivity contribution in [3.8, 4) is 5.75 Å². The van der Waals surface area contributed by atoms with Gasteiger partial charge in [-0.2, -0.15) is 0 Å². The van der Waals surface area contributed by atoms with E-state index in [0.717, 1.165) is 12.2 Å². The van der Waals surface area contributed by atoms with E-state index in [1.807, 2.05) is 0 Å². The average molecular weight is 251 g/mol. The van der Waals surface area contributed by atoms with Gasteiger partial charge in [0, 0.05) is 0 Å². The van der Waals surface area contributed by atoms with Crippen molar-refractivity contribution in [1.82, 2.24) is 0 Å². The molecule has 0 bridgehead atoms. The third-order valence-electron chi connectivity index (χ3n) is 2.77. The molecular weight excluding hydrogens is 230 g/mol. The monoisotopic (exact) mass is 251 g/mol. The molecule has 100 valence electrons. The summed E-state index contributed by atoms with van der Waals surface area (Å²) in [6, 6.07) is 5.94. The Kier molecular flexibility index (Phi) is 6.22. The van der Waals surface area contributed by atoms with Gasteiger partial charge in [-0.25, -0.2) is 0 Å². The molecule has 0 fully saturated rings. The van der Waals surface area contributed by atoms with Gasteiger partial charge >= 0.3 is 5.97 Å². The Balaban J connectivity index is 2.38. The molecule has 0 heterocycles. The maximum atomic E-state index is 10.7. The molecule has 3 N–H and O–H groups in total. The van der Waals surface area contributed by atoms with Crippen LogP contribution in [-0.2, 0) is 4.79 Å². The molecule has 0 saturated carbocycles. The molecule has 4 nitrogen and oxygen atoms in total. The fraction of sp³-hybridized carbons (Fsp3) is 0.500. The molecule has 1 rings (SSSR count). The van der Waals surface area contributed by atoms with Crippen molar-refractivity contribution < 1.29 is 14.6 Å². The Labute approximate surface area is 108 Å². The largest absolute Gasteiger partial charge is 0.494 e. The number of hydrogen-bond donors (Lipinski definition) is 2. The van der Waals surface area contributed by atoms with Crippen LogP contribution < -0.4 is 10.5 Å². The number of carbonyl (C=O) groups is 1. The van der Waals surface area contributed by atoms with E-state index in [0.29, 0.717) is 12.2 Å². The first-order valence-corrected chi connectivity index (χ1v) is 6.36. The second-order valence-corrected chi connectivity index (χ2v) is 4.29. The molecule has 0 saturated heterocycles. The van der Waals surface area contributed by atoms with Gasteiger partial charge in [0.2, 0.25) is 0 Å². The van der Waals surface area contributed by atoms with Crippen LogP contribution in [0.15, 0.2) is 24.3 Å². The van der Waals surface area contributed by atoms with Crippen LogP contribution >= 0.6 is 0 Å². The highest BCUT2D eigenvalue weighted by molar-refractivity contribution is 5.75. The van der Waals surface area contributed by atoms with Crippen molar-refractivity contribution >= 4 is 5.97 Å². The summed E-state index contributed by atoms with van der Waals surface area (Å²) >= 11 is 0.